The van der Waals surface area contributed by atoms with Crippen molar-refractivity contribution in [2.75, 3.05) is 0 Å². The molecule has 11 rings (SSSR count). The highest BCUT2D eigenvalue weighted by Gasteiger charge is 2.72. The van der Waals surface area contributed by atoms with Crippen LogP contribution in [0.15, 0.2) is 170 Å². The Morgan fingerprint density at radius 2 is 0.851 bits per heavy atom. The van der Waals surface area contributed by atoms with Gasteiger partial charge in [0.2, 0.25) is 0 Å². The van der Waals surface area contributed by atoms with E-state index in [9.17, 15) is 0 Å². The van der Waals surface area contributed by atoms with Crippen LogP contribution in [0.4, 0.5) is 0 Å². The van der Waals surface area contributed by atoms with Crippen LogP contribution < -0.4 is 0 Å². The van der Waals surface area contributed by atoms with Crippen LogP contribution in [-0.2, 0) is 5.41 Å². The Labute approximate surface area is 274 Å². The summed E-state index contributed by atoms with van der Waals surface area (Å²) in [5.41, 5.74) is 16.6. The fourth-order valence-corrected chi connectivity index (χ4v) is 9.95. The van der Waals surface area contributed by atoms with Crippen molar-refractivity contribution in [2.24, 2.45) is 5.92 Å². The molecule has 3 aliphatic rings. The lowest BCUT2D eigenvalue weighted by Crippen LogP contribution is -2.13. The molecule has 0 aliphatic heterocycles. The molecule has 47 heavy (non-hydrogen) atoms. The number of hydrogen-bond donors (Lipinski definition) is 0. The maximum atomic E-state index is 2.43. The Balaban J connectivity index is 1.13. The largest absolute Gasteiger partial charge is 0.309 e. The molecule has 0 saturated heterocycles. The zero-order valence-corrected chi connectivity index (χ0v) is 25.8. The van der Waals surface area contributed by atoms with E-state index in [1.807, 2.05) is 0 Å². The summed E-state index contributed by atoms with van der Waals surface area (Å²) in [6.45, 7) is 0. The summed E-state index contributed by atoms with van der Waals surface area (Å²) < 4.78 is 2.43. The Kier molecular flexibility index (Phi) is 5.00. The number of hydrogen-bond acceptors (Lipinski definition) is 0. The number of aromatic nitrogens is 1. The maximum absolute atomic E-state index is 2.43. The van der Waals surface area contributed by atoms with Crippen molar-refractivity contribution in [3.05, 3.63) is 198 Å². The predicted octanol–water partition coefficient (Wildman–Crippen LogP) is 11.3. The molecule has 0 radical (unpaired) electrons. The standard InChI is InChI=1S/C46H31N/c1-3-19-37-31(13-1)32-14-2-4-20-38(32)43(37)45-44(46(45)39-21-9-5-15-33(39)34-16-6-10-22-40(34)46)29-25-27-30(28-26-29)47-41-23-11-7-17-35(41)36-18-8-12-24-42(36)47/h1-28,43-45H. The van der Waals surface area contributed by atoms with Gasteiger partial charge < -0.3 is 4.57 Å². The van der Waals surface area contributed by atoms with Gasteiger partial charge in [-0.3, -0.25) is 0 Å². The van der Waals surface area contributed by atoms with Crippen LogP contribution in [0.1, 0.15) is 39.7 Å². The van der Waals surface area contributed by atoms with Gasteiger partial charge in [0.05, 0.1) is 11.0 Å². The van der Waals surface area contributed by atoms with Crippen molar-refractivity contribution < 1.29 is 0 Å². The van der Waals surface area contributed by atoms with Gasteiger partial charge in [-0.1, -0.05) is 146 Å². The molecule has 1 fully saturated rings. The Morgan fingerprint density at radius 3 is 1.40 bits per heavy atom. The molecule has 220 valence electrons. The molecule has 1 spiro atoms. The number of rotatable bonds is 3. The first-order valence-corrected chi connectivity index (χ1v) is 16.8. The van der Waals surface area contributed by atoms with Gasteiger partial charge in [-0.05, 0) is 80.3 Å². The molecule has 2 unspecified atom stereocenters. The van der Waals surface area contributed by atoms with E-state index in [0.717, 1.165) is 0 Å². The molecule has 1 nitrogen and oxygen atoms in total. The maximum Gasteiger partial charge on any atom is 0.0541 e. The van der Waals surface area contributed by atoms with Crippen LogP contribution in [0.2, 0.25) is 0 Å². The average molecular weight is 598 g/mol. The zero-order valence-electron chi connectivity index (χ0n) is 25.8. The van der Waals surface area contributed by atoms with Gasteiger partial charge in [0.15, 0.2) is 0 Å². The highest BCUT2D eigenvalue weighted by molar-refractivity contribution is 6.09. The minimum atomic E-state index is -0.0865. The summed E-state index contributed by atoms with van der Waals surface area (Å²) in [4.78, 5) is 0. The van der Waals surface area contributed by atoms with E-state index < -0.39 is 0 Å². The lowest BCUT2D eigenvalue weighted by Gasteiger charge is -2.20. The second-order valence-electron chi connectivity index (χ2n) is 13.6. The van der Waals surface area contributed by atoms with Crippen molar-refractivity contribution in [3.8, 4) is 27.9 Å². The monoisotopic (exact) mass is 597 g/mol. The summed E-state index contributed by atoms with van der Waals surface area (Å²) >= 11 is 0. The van der Waals surface area contributed by atoms with E-state index in [4.69, 9.17) is 0 Å². The predicted molar refractivity (Wildman–Crippen MR) is 193 cm³/mol. The third kappa shape index (κ3) is 3.19. The minimum Gasteiger partial charge on any atom is -0.309 e. The van der Waals surface area contributed by atoms with Crippen LogP contribution in [0, 0.1) is 5.92 Å². The van der Waals surface area contributed by atoms with Crippen molar-refractivity contribution >= 4 is 21.8 Å². The highest BCUT2D eigenvalue weighted by Crippen LogP contribution is 2.79. The molecule has 1 heterocycles. The summed E-state index contributed by atoms with van der Waals surface area (Å²) in [7, 11) is 0. The fourth-order valence-electron chi connectivity index (χ4n) is 9.95. The number of para-hydroxylation sites is 2. The fraction of sp³-hybridized carbons (Fsp3) is 0.0870. The summed E-state index contributed by atoms with van der Waals surface area (Å²) in [5.74, 6) is 1.07. The van der Waals surface area contributed by atoms with Gasteiger partial charge in [-0.15, -0.1) is 0 Å². The topological polar surface area (TPSA) is 4.93 Å². The molecule has 0 bridgehead atoms. The molecule has 0 N–H and O–H groups in total. The Morgan fingerprint density at radius 1 is 0.404 bits per heavy atom. The van der Waals surface area contributed by atoms with Gasteiger partial charge >= 0.3 is 0 Å². The molecular formula is C46H31N. The molecule has 7 aromatic carbocycles. The third-order valence-electron chi connectivity index (χ3n) is 11.6. The first-order valence-electron chi connectivity index (χ1n) is 16.8. The first kappa shape index (κ1) is 25.5. The minimum absolute atomic E-state index is 0.0865. The van der Waals surface area contributed by atoms with Gasteiger partial charge in [-0.25, -0.2) is 0 Å². The van der Waals surface area contributed by atoms with E-state index in [-0.39, 0.29) is 5.41 Å². The second-order valence-corrected chi connectivity index (χ2v) is 13.6. The normalized spacial score (nSPS) is 18.3. The smallest absolute Gasteiger partial charge is 0.0541 e. The van der Waals surface area contributed by atoms with E-state index >= 15 is 0 Å². The van der Waals surface area contributed by atoms with Crippen LogP contribution in [0.3, 0.4) is 0 Å². The number of benzene rings is 7. The van der Waals surface area contributed by atoms with Gasteiger partial charge in [0.25, 0.3) is 0 Å². The van der Waals surface area contributed by atoms with Crippen molar-refractivity contribution in [3.63, 3.8) is 0 Å². The van der Waals surface area contributed by atoms with E-state index in [2.05, 4.69) is 174 Å². The molecule has 1 saturated carbocycles. The van der Waals surface area contributed by atoms with Crippen LogP contribution in [-0.4, -0.2) is 4.57 Å². The molecule has 1 heteroatoms. The molecule has 3 aliphatic carbocycles. The molecule has 8 aromatic rings. The zero-order chi connectivity index (χ0) is 30.7. The first-order chi connectivity index (χ1) is 23.4. The summed E-state index contributed by atoms with van der Waals surface area (Å²) in [6.07, 6.45) is 0. The average Bonchev–Trinajstić information content (AvgIpc) is 3.38. The third-order valence-corrected chi connectivity index (χ3v) is 11.6. The van der Waals surface area contributed by atoms with Gasteiger partial charge in [0, 0.05) is 33.7 Å². The Hall–Kier alpha value is -5.66. The van der Waals surface area contributed by atoms with Crippen LogP contribution in [0.25, 0.3) is 49.7 Å². The van der Waals surface area contributed by atoms with Crippen LogP contribution in [0.5, 0.6) is 0 Å². The molecule has 0 amide bonds. The lowest BCUT2D eigenvalue weighted by atomic mass is 9.82. The van der Waals surface area contributed by atoms with Gasteiger partial charge in [-0.2, -0.15) is 0 Å². The molecule has 1 aromatic heterocycles. The van der Waals surface area contributed by atoms with Crippen molar-refractivity contribution in [1.82, 2.24) is 4.57 Å². The lowest BCUT2D eigenvalue weighted by molar-refractivity contribution is 0.635. The van der Waals surface area contributed by atoms with E-state index in [1.165, 1.54) is 77.6 Å². The van der Waals surface area contributed by atoms with Crippen molar-refractivity contribution in [1.29, 1.82) is 0 Å². The van der Waals surface area contributed by atoms with Crippen molar-refractivity contribution in [2.45, 2.75) is 17.3 Å². The van der Waals surface area contributed by atoms with Crippen LogP contribution >= 0.6 is 0 Å². The number of fused-ring (bicyclic) bond motifs is 11. The van der Waals surface area contributed by atoms with E-state index in [1.54, 1.807) is 0 Å². The Bertz CT molecular complexity index is 2400. The SMILES string of the molecule is c1ccc2c(c1)-c1ccccc1C2C1C(c2ccc(-n3c4ccccc4c4ccccc43)cc2)C12c1ccccc1-c1ccccc12. The summed E-state index contributed by atoms with van der Waals surface area (Å²) in [5, 5.41) is 2.59. The number of nitrogens with zero attached hydrogens (tertiary/aromatic N) is 1. The quantitative estimate of drug-likeness (QED) is 0.191. The van der Waals surface area contributed by atoms with E-state index in [0.29, 0.717) is 17.8 Å². The highest BCUT2D eigenvalue weighted by atomic mass is 15.0. The molecular weight excluding hydrogens is 567 g/mol. The second kappa shape index (κ2) is 9.21. The van der Waals surface area contributed by atoms with Gasteiger partial charge in [0.1, 0.15) is 0 Å². The summed E-state index contributed by atoms with van der Waals surface area (Å²) in [6, 6.07) is 63.9. The molecule has 2 atom stereocenters.